The lowest BCUT2D eigenvalue weighted by Crippen LogP contribution is -2.50. The first-order valence-corrected chi connectivity index (χ1v) is 9.53. The Morgan fingerprint density at radius 3 is 2.80 bits per heavy atom. The van der Waals surface area contributed by atoms with E-state index in [0.717, 1.165) is 44.0 Å². The predicted molar refractivity (Wildman–Crippen MR) is 101 cm³/mol. The summed E-state index contributed by atoms with van der Waals surface area (Å²) in [5, 5.41) is 3.11. The molecule has 2 aliphatic heterocycles. The molecule has 2 aliphatic rings. The topological polar surface area (TPSA) is 51.7 Å². The van der Waals surface area contributed by atoms with Gasteiger partial charge in [0.2, 0.25) is 0 Å². The fourth-order valence-electron chi connectivity index (χ4n) is 3.80. The van der Waals surface area contributed by atoms with Gasteiger partial charge in [0.15, 0.2) is 0 Å². The minimum absolute atomic E-state index is 0.0417. The Morgan fingerprint density at radius 1 is 1.24 bits per heavy atom. The first kappa shape index (κ1) is 18.0. The average molecular weight is 345 g/mol. The standard InChI is InChI=1S/C19H31N5O/c1-22(2)17-9-7-13-24(15-17)19(25)21-14-16-8-6-10-20-18(16)23-11-4-3-5-12-23/h6,8,10,17H,3-5,7,9,11-15H2,1-2H3,(H,21,25). The SMILES string of the molecule is CN(C)C1CCCN(C(=O)NCc2cccnc2N2CCCCC2)C1. The maximum Gasteiger partial charge on any atom is 0.317 e. The molecule has 2 fully saturated rings. The van der Waals surface area contributed by atoms with Crippen LogP contribution in [0.4, 0.5) is 10.6 Å². The molecule has 2 saturated heterocycles. The van der Waals surface area contributed by atoms with Crippen LogP contribution in [-0.4, -0.2) is 67.1 Å². The average Bonchev–Trinajstić information content (AvgIpc) is 2.67. The normalized spacial score (nSPS) is 21.5. The summed E-state index contributed by atoms with van der Waals surface area (Å²) in [6, 6.07) is 4.54. The van der Waals surface area contributed by atoms with Gasteiger partial charge in [-0.3, -0.25) is 0 Å². The van der Waals surface area contributed by atoms with E-state index in [0.29, 0.717) is 12.6 Å². The van der Waals surface area contributed by atoms with Crippen LogP contribution in [0.3, 0.4) is 0 Å². The second-order valence-electron chi connectivity index (χ2n) is 7.40. The van der Waals surface area contributed by atoms with Gasteiger partial charge in [-0.05, 0) is 52.3 Å². The van der Waals surface area contributed by atoms with Crippen LogP contribution < -0.4 is 10.2 Å². The van der Waals surface area contributed by atoms with E-state index in [1.807, 2.05) is 17.2 Å². The van der Waals surface area contributed by atoms with E-state index >= 15 is 0 Å². The number of carbonyl (C=O) groups is 1. The van der Waals surface area contributed by atoms with Crippen LogP contribution in [0.5, 0.6) is 0 Å². The predicted octanol–water partition coefficient (Wildman–Crippen LogP) is 2.31. The molecule has 6 heteroatoms. The highest BCUT2D eigenvalue weighted by atomic mass is 16.2. The molecule has 1 aromatic rings. The molecule has 0 aliphatic carbocycles. The summed E-state index contributed by atoms with van der Waals surface area (Å²) in [7, 11) is 4.18. The van der Waals surface area contributed by atoms with Crippen molar-refractivity contribution in [3.8, 4) is 0 Å². The molecule has 0 saturated carbocycles. The summed E-state index contributed by atoms with van der Waals surface area (Å²) in [5.41, 5.74) is 1.11. The van der Waals surface area contributed by atoms with Gasteiger partial charge in [-0.25, -0.2) is 9.78 Å². The highest BCUT2D eigenvalue weighted by molar-refractivity contribution is 5.74. The summed E-state index contributed by atoms with van der Waals surface area (Å²) in [6.45, 7) is 4.33. The molecule has 0 spiro atoms. The van der Waals surface area contributed by atoms with Gasteiger partial charge in [0.1, 0.15) is 5.82 Å². The van der Waals surface area contributed by atoms with Crippen molar-refractivity contribution >= 4 is 11.8 Å². The Labute approximate surface area is 151 Å². The largest absolute Gasteiger partial charge is 0.356 e. The number of amides is 2. The number of hydrogen-bond acceptors (Lipinski definition) is 4. The number of urea groups is 1. The summed E-state index contributed by atoms with van der Waals surface area (Å²) in [5.74, 6) is 1.03. The third kappa shape index (κ3) is 4.63. The van der Waals surface area contributed by atoms with Gasteiger partial charge in [0, 0.05) is 50.5 Å². The van der Waals surface area contributed by atoms with E-state index < -0.39 is 0 Å². The van der Waals surface area contributed by atoms with Crippen molar-refractivity contribution in [1.82, 2.24) is 20.1 Å². The number of carbonyl (C=O) groups excluding carboxylic acids is 1. The zero-order valence-corrected chi connectivity index (χ0v) is 15.6. The molecule has 138 valence electrons. The van der Waals surface area contributed by atoms with Crippen molar-refractivity contribution in [3.63, 3.8) is 0 Å². The first-order valence-electron chi connectivity index (χ1n) is 9.53. The van der Waals surface area contributed by atoms with Gasteiger partial charge < -0.3 is 20.0 Å². The van der Waals surface area contributed by atoms with Gasteiger partial charge >= 0.3 is 6.03 Å². The third-order valence-corrected chi connectivity index (χ3v) is 5.37. The van der Waals surface area contributed by atoms with Crippen molar-refractivity contribution in [3.05, 3.63) is 23.9 Å². The Morgan fingerprint density at radius 2 is 2.04 bits per heavy atom. The second-order valence-corrected chi connectivity index (χ2v) is 7.40. The Bertz CT molecular complexity index is 571. The van der Waals surface area contributed by atoms with Crippen LogP contribution in [0.25, 0.3) is 0 Å². The van der Waals surface area contributed by atoms with Crippen LogP contribution in [0, 0.1) is 0 Å². The number of rotatable bonds is 4. The molecule has 3 rings (SSSR count). The molecule has 0 aromatic carbocycles. The summed E-state index contributed by atoms with van der Waals surface area (Å²) in [4.78, 5) is 23.7. The quantitative estimate of drug-likeness (QED) is 0.910. The highest BCUT2D eigenvalue weighted by Gasteiger charge is 2.25. The summed E-state index contributed by atoms with van der Waals surface area (Å²) in [6.07, 6.45) is 7.84. The monoisotopic (exact) mass is 345 g/mol. The summed E-state index contributed by atoms with van der Waals surface area (Å²) >= 11 is 0. The number of likely N-dealkylation sites (tertiary alicyclic amines) is 1. The Kier molecular flexibility index (Phi) is 6.13. The van der Waals surface area contributed by atoms with E-state index in [-0.39, 0.29) is 6.03 Å². The number of anilines is 1. The molecular weight excluding hydrogens is 314 g/mol. The van der Waals surface area contributed by atoms with Gasteiger partial charge in [-0.15, -0.1) is 0 Å². The van der Waals surface area contributed by atoms with Crippen LogP contribution in [0.15, 0.2) is 18.3 Å². The zero-order chi connectivity index (χ0) is 17.6. The lowest BCUT2D eigenvalue weighted by atomic mass is 10.1. The van der Waals surface area contributed by atoms with Crippen molar-refractivity contribution in [2.24, 2.45) is 0 Å². The third-order valence-electron chi connectivity index (χ3n) is 5.37. The number of piperidine rings is 2. The number of pyridine rings is 1. The first-order chi connectivity index (χ1) is 12.1. The highest BCUT2D eigenvalue weighted by Crippen LogP contribution is 2.21. The number of hydrogen-bond donors (Lipinski definition) is 1. The maximum atomic E-state index is 12.6. The van der Waals surface area contributed by atoms with Crippen molar-refractivity contribution in [1.29, 1.82) is 0 Å². The van der Waals surface area contributed by atoms with Gasteiger partial charge in [-0.2, -0.15) is 0 Å². The van der Waals surface area contributed by atoms with Crippen molar-refractivity contribution < 1.29 is 4.79 Å². The summed E-state index contributed by atoms with van der Waals surface area (Å²) < 4.78 is 0. The molecule has 1 aromatic heterocycles. The van der Waals surface area contributed by atoms with Crippen LogP contribution >= 0.6 is 0 Å². The molecule has 1 N–H and O–H groups in total. The number of likely N-dealkylation sites (N-methyl/N-ethyl adjacent to an activating group) is 1. The molecule has 0 bridgehead atoms. The second kappa shape index (κ2) is 8.52. The maximum absolute atomic E-state index is 12.6. The molecule has 0 radical (unpaired) electrons. The molecule has 6 nitrogen and oxygen atoms in total. The number of nitrogens with one attached hydrogen (secondary N) is 1. The minimum Gasteiger partial charge on any atom is -0.356 e. The fourth-order valence-corrected chi connectivity index (χ4v) is 3.80. The molecule has 3 heterocycles. The minimum atomic E-state index is 0.0417. The molecule has 1 unspecified atom stereocenters. The van der Waals surface area contributed by atoms with Crippen LogP contribution in [0.2, 0.25) is 0 Å². The zero-order valence-electron chi connectivity index (χ0n) is 15.6. The van der Waals surface area contributed by atoms with Crippen LogP contribution in [0.1, 0.15) is 37.7 Å². The van der Waals surface area contributed by atoms with Crippen molar-refractivity contribution in [2.45, 2.75) is 44.7 Å². The van der Waals surface area contributed by atoms with Gasteiger partial charge in [0.05, 0.1) is 0 Å². The lowest BCUT2D eigenvalue weighted by molar-refractivity contribution is 0.140. The van der Waals surface area contributed by atoms with Crippen LogP contribution in [-0.2, 0) is 6.54 Å². The van der Waals surface area contributed by atoms with E-state index in [4.69, 9.17) is 0 Å². The van der Waals surface area contributed by atoms with E-state index in [2.05, 4.69) is 40.3 Å². The van der Waals surface area contributed by atoms with Gasteiger partial charge in [-0.1, -0.05) is 6.07 Å². The fraction of sp³-hybridized carbons (Fsp3) is 0.684. The Hall–Kier alpha value is -1.82. The van der Waals surface area contributed by atoms with Crippen molar-refractivity contribution in [2.75, 3.05) is 45.2 Å². The van der Waals surface area contributed by atoms with E-state index in [9.17, 15) is 4.79 Å². The van der Waals surface area contributed by atoms with E-state index in [1.54, 1.807) is 0 Å². The molecule has 1 atom stereocenters. The molecule has 25 heavy (non-hydrogen) atoms. The number of aromatic nitrogens is 1. The number of nitrogens with zero attached hydrogens (tertiary/aromatic N) is 4. The smallest absolute Gasteiger partial charge is 0.317 e. The lowest BCUT2D eigenvalue weighted by Gasteiger charge is -2.36. The Balaban J connectivity index is 1.59. The van der Waals surface area contributed by atoms with E-state index in [1.165, 1.54) is 25.7 Å². The van der Waals surface area contributed by atoms with Gasteiger partial charge in [0.25, 0.3) is 0 Å². The molecular formula is C19H31N5O. The molecule has 2 amide bonds.